The number of anilines is 1. The summed E-state index contributed by atoms with van der Waals surface area (Å²) in [5, 5.41) is 12.2. The minimum absolute atomic E-state index is 0.332. The van der Waals surface area contributed by atoms with Crippen molar-refractivity contribution in [2.45, 2.75) is 25.3 Å². The Morgan fingerprint density at radius 2 is 2.16 bits per heavy atom. The first-order chi connectivity index (χ1) is 9.22. The van der Waals surface area contributed by atoms with E-state index in [9.17, 15) is 4.39 Å². The van der Waals surface area contributed by atoms with Crippen LogP contribution in [0.25, 0.3) is 0 Å². The van der Waals surface area contributed by atoms with E-state index in [1.807, 2.05) is 0 Å². The Hall–Kier alpha value is -2.17. The summed E-state index contributed by atoms with van der Waals surface area (Å²) in [6.45, 7) is 0.457. The molecule has 98 valence electrons. The minimum atomic E-state index is -0.611. The van der Waals surface area contributed by atoms with Crippen molar-refractivity contribution >= 4 is 5.82 Å². The molecule has 0 atom stereocenters. The van der Waals surface area contributed by atoms with Crippen LogP contribution in [0.3, 0.4) is 0 Å². The zero-order chi connectivity index (χ0) is 13.2. The molecular formula is C14H14FN3O. The highest BCUT2D eigenvalue weighted by Gasteiger charge is 2.26. The van der Waals surface area contributed by atoms with Crippen LogP contribution in [-0.4, -0.2) is 15.1 Å². The molecule has 1 aromatic heterocycles. The summed E-state index contributed by atoms with van der Waals surface area (Å²) in [7, 11) is 0. The largest absolute Gasteiger partial charge is 0.505 e. The molecule has 0 saturated heterocycles. The number of rotatable bonds is 4. The van der Waals surface area contributed by atoms with E-state index in [2.05, 4.69) is 15.3 Å². The molecule has 1 aliphatic carbocycles. The van der Waals surface area contributed by atoms with E-state index in [4.69, 9.17) is 5.11 Å². The summed E-state index contributed by atoms with van der Waals surface area (Å²) in [5.74, 6) is 1.18. The van der Waals surface area contributed by atoms with Gasteiger partial charge in [-0.15, -0.1) is 0 Å². The van der Waals surface area contributed by atoms with Crippen molar-refractivity contribution < 1.29 is 9.50 Å². The third kappa shape index (κ3) is 2.81. The normalized spacial score (nSPS) is 14.4. The van der Waals surface area contributed by atoms with Crippen LogP contribution in [0, 0.1) is 5.82 Å². The number of phenols is 1. The highest BCUT2D eigenvalue weighted by atomic mass is 19.1. The number of nitrogens with one attached hydrogen (secondary N) is 1. The highest BCUT2D eigenvalue weighted by Crippen LogP contribution is 2.38. The molecule has 4 nitrogen and oxygen atoms in total. The van der Waals surface area contributed by atoms with Gasteiger partial charge in [0.05, 0.1) is 0 Å². The summed E-state index contributed by atoms with van der Waals surface area (Å²) in [6.07, 6.45) is 4.06. The molecule has 2 N–H and O–H groups in total. The molecule has 2 aromatic rings. The molecule has 1 fully saturated rings. The van der Waals surface area contributed by atoms with E-state index in [1.54, 1.807) is 18.3 Å². The number of aromatic nitrogens is 2. The van der Waals surface area contributed by atoms with Crippen molar-refractivity contribution in [3.8, 4) is 5.75 Å². The molecule has 1 aromatic carbocycles. The smallest absolute Gasteiger partial charge is 0.165 e. The Balaban J connectivity index is 1.68. The number of halogens is 1. The summed E-state index contributed by atoms with van der Waals surface area (Å²) in [5.41, 5.74) is 0.752. The third-order valence-electron chi connectivity index (χ3n) is 3.10. The molecule has 0 spiro atoms. The van der Waals surface area contributed by atoms with Gasteiger partial charge in [0.2, 0.25) is 0 Å². The molecule has 3 rings (SSSR count). The number of hydrogen-bond donors (Lipinski definition) is 2. The second kappa shape index (κ2) is 4.84. The molecule has 5 heteroatoms. The molecular weight excluding hydrogens is 245 g/mol. The summed E-state index contributed by atoms with van der Waals surface area (Å²) >= 11 is 0. The number of nitrogens with zero attached hydrogens (tertiary/aromatic N) is 2. The molecule has 0 unspecified atom stereocenters. The lowest BCUT2D eigenvalue weighted by atomic mass is 10.2. The van der Waals surface area contributed by atoms with Crippen molar-refractivity contribution in [3.05, 3.63) is 47.7 Å². The van der Waals surface area contributed by atoms with Crippen molar-refractivity contribution in [2.75, 3.05) is 5.32 Å². The van der Waals surface area contributed by atoms with Crippen molar-refractivity contribution in [1.82, 2.24) is 9.97 Å². The number of aromatic hydroxyl groups is 1. The van der Waals surface area contributed by atoms with Gasteiger partial charge in [-0.2, -0.15) is 0 Å². The first-order valence-corrected chi connectivity index (χ1v) is 6.26. The molecule has 0 aliphatic heterocycles. The first kappa shape index (κ1) is 11.9. The van der Waals surface area contributed by atoms with Crippen LogP contribution in [0.5, 0.6) is 5.75 Å². The molecule has 0 amide bonds. The van der Waals surface area contributed by atoms with Gasteiger partial charge in [-0.25, -0.2) is 14.4 Å². The predicted molar refractivity (Wildman–Crippen MR) is 69.4 cm³/mol. The average Bonchev–Trinajstić information content (AvgIpc) is 3.25. The van der Waals surface area contributed by atoms with E-state index in [1.165, 1.54) is 12.1 Å². The lowest BCUT2D eigenvalue weighted by Gasteiger charge is -2.07. The quantitative estimate of drug-likeness (QED) is 0.886. The maximum Gasteiger partial charge on any atom is 0.165 e. The standard InChI is InChI=1S/C14H14FN3O/c15-11-7-9(1-4-12(11)19)8-17-13-5-6-16-14(18-13)10-2-3-10/h1,4-7,10,19H,2-3,8H2,(H,16,17,18). The molecule has 19 heavy (non-hydrogen) atoms. The Bertz CT molecular complexity index is 599. The van der Waals surface area contributed by atoms with Gasteiger partial charge in [-0.1, -0.05) is 6.07 Å². The predicted octanol–water partition coefficient (Wildman–Crippen LogP) is 2.81. The van der Waals surface area contributed by atoms with Gasteiger partial charge >= 0.3 is 0 Å². The van der Waals surface area contributed by atoms with Gasteiger partial charge in [-0.3, -0.25) is 0 Å². The molecule has 1 aliphatic rings. The third-order valence-corrected chi connectivity index (χ3v) is 3.10. The van der Waals surface area contributed by atoms with Crippen LogP contribution in [0.2, 0.25) is 0 Å². The maximum atomic E-state index is 13.2. The second-order valence-electron chi connectivity index (χ2n) is 4.71. The van der Waals surface area contributed by atoms with Gasteiger partial charge < -0.3 is 10.4 Å². The van der Waals surface area contributed by atoms with E-state index >= 15 is 0 Å². The lowest BCUT2D eigenvalue weighted by molar-refractivity contribution is 0.432. The maximum absolute atomic E-state index is 13.2. The number of benzene rings is 1. The van der Waals surface area contributed by atoms with E-state index in [0.717, 1.165) is 30.0 Å². The topological polar surface area (TPSA) is 58.0 Å². The molecule has 1 saturated carbocycles. The molecule has 1 heterocycles. The number of hydrogen-bond acceptors (Lipinski definition) is 4. The van der Waals surface area contributed by atoms with Gasteiger partial charge in [0.1, 0.15) is 11.6 Å². The van der Waals surface area contributed by atoms with Gasteiger partial charge in [-0.05, 0) is 36.6 Å². The highest BCUT2D eigenvalue weighted by molar-refractivity contribution is 5.36. The second-order valence-corrected chi connectivity index (χ2v) is 4.71. The zero-order valence-electron chi connectivity index (χ0n) is 10.3. The average molecular weight is 259 g/mol. The van der Waals surface area contributed by atoms with Gasteiger partial charge in [0, 0.05) is 18.7 Å². The Labute approximate surface area is 110 Å². The fraction of sp³-hybridized carbons (Fsp3) is 0.286. The zero-order valence-corrected chi connectivity index (χ0v) is 10.3. The monoisotopic (exact) mass is 259 g/mol. The summed E-state index contributed by atoms with van der Waals surface area (Å²) in [6, 6.07) is 6.13. The van der Waals surface area contributed by atoms with Gasteiger partial charge in [0.25, 0.3) is 0 Å². The van der Waals surface area contributed by atoms with Crippen LogP contribution in [0.15, 0.2) is 30.5 Å². The summed E-state index contributed by atoms with van der Waals surface area (Å²) in [4.78, 5) is 8.66. The van der Waals surface area contributed by atoms with Crippen molar-refractivity contribution in [3.63, 3.8) is 0 Å². The van der Waals surface area contributed by atoms with Crippen molar-refractivity contribution in [1.29, 1.82) is 0 Å². The fourth-order valence-electron chi connectivity index (χ4n) is 1.86. The van der Waals surface area contributed by atoms with E-state index in [-0.39, 0.29) is 5.75 Å². The van der Waals surface area contributed by atoms with Crippen LogP contribution < -0.4 is 5.32 Å². The summed E-state index contributed by atoms with van der Waals surface area (Å²) < 4.78 is 13.2. The fourth-order valence-corrected chi connectivity index (χ4v) is 1.86. The Kier molecular flexibility index (Phi) is 3.03. The lowest BCUT2D eigenvalue weighted by Crippen LogP contribution is -2.03. The van der Waals surface area contributed by atoms with Crippen LogP contribution in [0.1, 0.15) is 30.1 Å². The molecule has 0 bridgehead atoms. The minimum Gasteiger partial charge on any atom is -0.505 e. The van der Waals surface area contributed by atoms with Crippen LogP contribution in [-0.2, 0) is 6.54 Å². The van der Waals surface area contributed by atoms with Crippen LogP contribution >= 0.6 is 0 Å². The number of phenolic OH excluding ortho intramolecular Hbond substituents is 1. The Morgan fingerprint density at radius 3 is 2.89 bits per heavy atom. The van der Waals surface area contributed by atoms with Crippen LogP contribution in [0.4, 0.5) is 10.2 Å². The van der Waals surface area contributed by atoms with E-state index in [0.29, 0.717) is 12.5 Å². The van der Waals surface area contributed by atoms with Gasteiger partial charge in [0.15, 0.2) is 11.6 Å². The van der Waals surface area contributed by atoms with E-state index < -0.39 is 5.82 Å². The first-order valence-electron chi connectivity index (χ1n) is 6.26. The Morgan fingerprint density at radius 1 is 1.32 bits per heavy atom. The SMILES string of the molecule is Oc1ccc(CNc2ccnc(C3CC3)n2)cc1F. The van der Waals surface area contributed by atoms with Crippen molar-refractivity contribution in [2.24, 2.45) is 0 Å². The molecule has 0 radical (unpaired) electrons.